The first-order valence-corrected chi connectivity index (χ1v) is 17.2. The molecule has 48 heavy (non-hydrogen) atoms. The Labute approximate surface area is 285 Å². The van der Waals surface area contributed by atoms with E-state index in [1.54, 1.807) is 6.07 Å². The monoisotopic (exact) mass is 674 g/mol. The average Bonchev–Trinajstić information content (AvgIpc) is 3.51. The fourth-order valence-electron chi connectivity index (χ4n) is 7.18. The van der Waals surface area contributed by atoms with Crippen LogP contribution in [0.2, 0.25) is 5.02 Å². The number of aromatic nitrogens is 3. The molecule has 0 bridgehead atoms. The van der Waals surface area contributed by atoms with E-state index in [0.29, 0.717) is 56.3 Å². The zero-order valence-corrected chi connectivity index (χ0v) is 28.9. The summed E-state index contributed by atoms with van der Waals surface area (Å²) in [4.78, 5) is 15.4. The minimum atomic E-state index is -0.968. The van der Waals surface area contributed by atoms with Crippen molar-refractivity contribution in [3.05, 3.63) is 82.0 Å². The van der Waals surface area contributed by atoms with Crippen molar-refractivity contribution in [1.82, 2.24) is 19.2 Å². The first-order valence-electron chi connectivity index (χ1n) is 16.8. The second-order valence-corrected chi connectivity index (χ2v) is 13.9. The van der Waals surface area contributed by atoms with Gasteiger partial charge in [-0.3, -0.25) is 9.58 Å². The number of benzene rings is 3. The number of rotatable bonds is 10. The first kappa shape index (κ1) is 34.0. The van der Waals surface area contributed by atoms with E-state index >= 15 is 0 Å². The van der Waals surface area contributed by atoms with Gasteiger partial charge in [0.05, 0.1) is 28.4 Å². The van der Waals surface area contributed by atoms with Crippen LogP contribution in [0.5, 0.6) is 5.75 Å². The molecular weight excluding hydrogens is 631 g/mol. The highest BCUT2D eigenvalue weighted by Gasteiger charge is 2.30. The van der Waals surface area contributed by atoms with Crippen LogP contribution >= 0.6 is 11.6 Å². The third kappa shape index (κ3) is 6.81. The van der Waals surface area contributed by atoms with Crippen LogP contribution in [0.3, 0.4) is 0 Å². The zero-order chi connectivity index (χ0) is 34.2. The number of hydrogen-bond acceptors (Lipinski definition) is 5. The smallest absolute Gasteiger partial charge is 0.352 e. The molecule has 0 saturated carbocycles. The average molecular weight is 675 g/mol. The Balaban J connectivity index is 1.41. The van der Waals surface area contributed by atoms with Crippen molar-refractivity contribution in [3.8, 4) is 16.9 Å². The van der Waals surface area contributed by atoms with Crippen LogP contribution in [0.1, 0.15) is 73.9 Å². The van der Waals surface area contributed by atoms with Gasteiger partial charge in [0.1, 0.15) is 17.3 Å². The Morgan fingerprint density at radius 2 is 1.85 bits per heavy atom. The van der Waals surface area contributed by atoms with Crippen molar-refractivity contribution in [1.29, 1.82) is 0 Å². The maximum absolute atomic E-state index is 13.8. The third-order valence-corrected chi connectivity index (χ3v) is 9.77. The predicted molar refractivity (Wildman–Crippen MR) is 189 cm³/mol. The highest BCUT2D eigenvalue weighted by molar-refractivity contribution is 6.35. The quantitative estimate of drug-likeness (QED) is 0.146. The minimum absolute atomic E-state index is 0.288. The van der Waals surface area contributed by atoms with Crippen LogP contribution in [-0.4, -0.2) is 60.7 Å². The zero-order valence-electron chi connectivity index (χ0n) is 28.2. The molecule has 1 aliphatic rings. The van der Waals surface area contributed by atoms with E-state index < -0.39 is 11.6 Å². The topological polar surface area (TPSA) is 92.8 Å². The number of nitrogens with zero attached hydrogens (tertiary/aromatic N) is 4. The lowest BCUT2D eigenvalue weighted by atomic mass is 9.96. The molecule has 0 radical (unpaired) electrons. The molecular formula is C38H44ClFN4O4. The molecule has 0 fully saturated rings. The van der Waals surface area contributed by atoms with E-state index in [1.807, 2.05) is 60.5 Å². The minimum Gasteiger partial charge on any atom is -0.493 e. The summed E-state index contributed by atoms with van der Waals surface area (Å²) >= 11 is 7.10. The summed E-state index contributed by atoms with van der Waals surface area (Å²) in [6.07, 6.45) is 4.08. The lowest BCUT2D eigenvalue weighted by Crippen LogP contribution is -2.32. The Kier molecular flexibility index (Phi) is 9.83. The van der Waals surface area contributed by atoms with E-state index in [1.165, 1.54) is 12.1 Å². The van der Waals surface area contributed by atoms with Gasteiger partial charge >= 0.3 is 5.97 Å². The molecule has 2 N–H and O–H groups in total. The highest BCUT2D eigenvalue weighted by atomic mass is 35.5. The summed E-state index contributed by atoms with van der Waals surface area (Å²) in [7, 11) is 1.95. The third-order valence-electron chi connectivity index (χ3n) is 9.45. The van der Waals surface area contributed by atoms with Crippen LogP contribution in [0.25, 0.3) is 32.8 Å². The van der Waals surface area contributed by atoms with Gasteiger partial charge < -0.3 is 19.5 Å². The molecule has 1 aliphatic heterocycles. The largest absolute Gasteiger partial charge is 0.493 e. The molecule has 10 heteroatoms. The van der Waals surface area contributed by atoms with E-state index in [9.17, 15) is 19.4 Å². The van der Waals surface area contributed by atoms with E-state index in [2.05, 4.69) is 11.8 Å². The van der Waals surface area contributed by atoms with Crippen LogP contribution in [-0.2, 0) is 33.0 Å². The van der Waals surface area contributed by atoms with Crippen molar-refractivity contribution in [2.45, 2.75) is 78.0 Å². The number of ether oxygens (including phenoxy) is 1. The fraction of sp³-hybridized carbons (Fsp3) is 0.421. The van der Waals surface area contributed by atoms with Crippen molar-refractivity contribution in [3.63, 3.8) is 0 Å². The molecule has 0 amide bonds. The fourth-order valence-corrected chi connectivity index (χ4v) is 7.42. The van der Waals surface area contributed by atoms with Gasteiger partial charge in [-0.15, -0.1) is 0 Å². The lowest BCUT2D eigenvalue weighted by molar-refractivity contribution is 0.0560. The number of aromatic carboxylic acids is 1. The molecule has 0 unspecified atom stereocenters. The van der Waals surface area contributed by atoms with Crippen molar-refractivity contribution in [2.24, 2.45) is 7.05 Å². The number of carbonyl (C=O) groups is 1. The normalized spacial score (nSPS) is 14.3. The number of carboxylic acid groups (broad SMARTS) is 1. The molecule has 5 aromatic rings. The number of hydrogen-bond donors (Lipinski definition) is 2. The number of halogens is 2. The molecule has 0 saturated heterocycles. The molecule has 3 aromatic carbocycles. The highest BCUT2D eigenvalue weighted by Crippen LogP contribution is 2.43. The van der Waals surface area contributed by atoms with E-state index in [-0.39, 0.29) is 11.5 Å². The summed E-state index contributed by atoms with van der Waals surface area (Å²) in [5.41, 5.74) is 4.83. The van der Waals surface area contributed by atoms with E-state index in [0.717, 1.165) is 75.6 Å². The predicted octanol–water partition coefficient (Wildman–Crippen LogP) is 8.02. The van der Waals surface area contributed by atoms with Gasteiger partial charge in [-0.05, 0) is 100 Å². The summed E-state index contributed by atoms with van der Waals surface area (Å²) in [5.74, 6) is -0.594. The first-order chi connectivity index (χ1) is 23.0. The molecule has 2 aromatic heterocycles. The van der Waals surface area contributed by atoms with Gasteiger partial charge in [-0.2, -0.15) is 5.10 Å². The molecule has 6 rings (SSSR count). The Morgan fingerprint density at radius 3 is 2.60 bits per heavy atom. The van der Waals surface area contributed by atoms with Crippen molar-refractivity contribution in [2.75, 3.05) is 19.7 Å². The molecule has 3 heterocycles. The van der Waals surface area contributed by atoms with Gasteiger partial charge in [-0.25, -0.2) is 9.18 Å². The van der Waals surface area contributed by atoms with Gasteiger partial charge in [0.15, 0.2) is 0 Å². The number of aryl methyl sites for hydroxylation is 3. The summed E-state index contributed by atoms with van der Waals surface area (Å²) in [5, 5.41) is 29.2. The standard InChI is InChI=1S/C38H44ClFN4O4/c1-5-31-34-30(41-42(31)4)23-43(20-17-38(2,3)47)18-6-7-19-44-35-28(15-16-29(39)33(34)35)27(36(44)37(45)46)11-9-21-48-32-12-8-10-24-22-25(40)13-14-26(24)32/h8,10,12-16,22,47H,5-7,9,11,17-21,23H2,1-4H3,(H,45,46). The second kappa shape index (κ2) is 13.9. The van der Waals surface area contributed by atoms with E-state index in [4.69, 9.17) is 21.4 Å². The number of aliphatic hydroxyl groups is 1. The van der Waals surface area contributed by atoms with Crippen LogP contribution in [0, 0.1) is 5.82 Å². The van der Waals surface area contributed by atoms with Gasteiger partial charge in [0.2, 0.25) is 0 Å². The second-order valence-electron chi connectivity index (χ2n) is 13.5. The Morgan fingerprint density at radius 1 is 1.08 bits per heavy atom. The maximum atomic E-state index is 13.8. The van der Waals surface area contributed by atoms with Crippen LogP contribution in [0.4, 0.5) is 4.39 Å². The van der Waals surface area contributed by atoms with Gasteiger partial charge in [-0.1, -0.05) is 36.7 Å². The Hall–Kier alpha value is -3.92. The van der Waals surface area contributed by atoms with Gasteiger partial charge in [0, 0.05) is 54.3 Å². The molecule has 0 aliphatic carbocycles. The lowest BCUT2D eigenvalue weighted by Gasteiger charge is -2.26. The van der Waals surface area contributed by atoms with Crippen molar-refractivity contribution < 1.29 is 24.1 Å². The SMILES string of the molecule is CCc1c2c(nn1C)CN(CCC(C)(C)O)CCCCn1c(C(=O)O)c(CCCOc3cccc4cc(F)ccc34)c3ccc(Cl)c-2c31. The summed E-state index contributed by atoms with van der Waals surface area (Å²) in [6.45, 7) is 8.78. The van der Waals surface area contributed by atoms with Gasteiger partial charge in [0.25, 0.3) is 0 Å². The van der Waals surface area contributed by atoms with Crippen LogP contribution < -0.4 is 4.74 Å². The van der Waals surface area contributed by atoms with Crippen molar-refractivity contribution >= 4 is 39.2 Å². The molecule has 8 nitrogen and oxygen atoms in total. The number of fused-ring (bicyclic) bond motifs is 3. The summed E-state index contributed by atoms with van der Waals surface area (Å²) in [6, 6.07) is 14.0. The van der Waals surface area contributed by atoms with Crippen LogP contribution in [0.15, 0.2) is 48.5 Å². The molecule has 0 spiro atoms. The molecule has 0 atom stereocenters. The summed E-state index contributed by atoms with van der Waals surface area (Å²) < 4.78 is 23.9. The molecule has 254 valence electrons. The Bertz CT molecular complexity index is 1980. The number of carboxylic acids is 1. The maximum Gasteiger partial charge on any atom is 0.352 e.